The highest BCUT2D eigenvalue weighted by Crippen LogP contribution is 2.33. The Morgan fingerprint density at radius 1 is 1.09 bits per heavy atom. The predicted octanol–water partition coefficient (Wildman–Crippen LogP) is 3.02. The van der Waals surface area contributed by atoms with Crippen LogP contribution in [0.4, 0.5) is 0 Å². The number of rotatable bonds is 6. The first kappa shape index (κ1) is 22.8. The monoisotopic (exact) mass is 468 g/mol. The Balaban J connectivity index is 1.45. The zero-order valence-corrected chi connectivity index (χ0v) is 19.6. The lowest BCUT2D eigenvalue weighted by Gasteiger charge is -2.21. The highest BCUT2D eigenvalue weighted by molar-refractivity contribution is 6.07. The van der Waals surface area contributed by atoms with Crippen LogP contribution >= 0.6 is 0 Å². The van der Waals surface area contributed by atoms with Crippen LogP contribution in [0.5, 0.6) is 0 Å². The van der Waals surface area contributed by atoms with E-state index in [1.165, 1.54) is 0 Å². The van der Waals surface area contributed by atoms with E-state index in [2.05, 4.69) is 33.8 Å². The van der Waals surface area contributed by atoms with Crippen LogP contribution < -0.4 is 17.1 Å². The SMILES string of the molecule is CC1=NC2(CCOC2)C(=O)N1Cc1ccc(-c2cc(-c3ccccc3)ccc2/C(N)=N/NN)cc1. The molecule has 1 fully saturated rings. The second-order valence-electron chi connectivity index (χ2n) is 8.83. The zero-order valence-electron chi connectivity index (χ0n) is 19.6. The van der Waals surface area contributed by atoms with Gasteiger partial charge in [0.05, 0.1) is 13.2 Å². The number of carbonyl (C=O) groups is 1. The van der Waals surface area contributed by atoms with E-state index in [4.69, 9.17) is 16.3 Å². The van der Waals surface area contributed by atoms with Gasteiger partial charge in [-0.2, -0.15) is 0 Å². The van der Waals surface area contributed by atoms with E-state index in [0.29, 0.717) is 32.0 Å². The van der Waals surface area contributed by atoms with Gasteiger partial charge in [-0.1, -0.05) is 60.7 Å². The van der Waals surface area contributed by atoms with E-state index >= 15 is 0 Å². The summed E-state index contributed by atoms with van der Waals surface area (Å²) in [6, 6.07) is 24.4. The molecule has 0 aromatic heterocycles. The van der Waals surface area contributed by atoms with E-state index in [1.807, 2.05) is 61.5 Å². The Morgan fingerprint density at radius 2 is 1.83 bits per heavy atom. The van der Waals surface area contributed by atoms with E-state index in [9.17, 15) is 4.79 Å². The van der Waals surface area contributed by atoms with Crippen molar-refractivity contribution in [2.75, 3.05) is 13.2 Å². The number of amidine groups is 2. The number of carbonyl (C=O) groups excluding carboxylic acids is 1. The fourth-order valence-corrected chi connectivity index (χ4v) is 4.73. The topological polar surface area (TPSA) is 118 Å². The van der Waals surface area contributed by atoms with Crippen molar-refractivity contribution in [2.24, 2.45) is 21.7 Å². The summed E-state index contributed by atoms with van der Waals surface area (Å²) in [5, 5.41) is 3.98. The van der Waals surface area contributed by atoms with E-state index in [1.54, 1.807) is 4.90 Å². The Kier molecular flexibility index (Phi) is 6.07. The van der Waals surface area contributed by atoms with E-state index < -0.39 is 5.54 Å². The maximum atomic E-state index is 13.1. The number of amides is 1. The highest BCUT2D eigenvalue weighted by atomic mass is 16.5. The molecule has 1 unspecified atom stereocenters. The largest absolute Gasteiger partial charge is 0.382 e. The van der Waals surface area contributed by atoms with Crippen LogP contribution in [-0.2, 0) is 16.1 Å². The molecule has 0 radical (unpaired) electrons. The van der Waals surface area contributed by atoms with Crippen LogP contribution in [0.15, 0.2) is 82.9 Å². The average molecular weight is 469 g/mol. The van der Waals surface area contributed by atoms with Crippen molar-refractivity contribution in [2.45, 2.75) is 25.4 Å². The summed E-state index contributed by atoms with van der Waals surface area (Å²) in [7, 11) is 0. The minimum absolute atomic E-state index is 0.0210. The molecule has 5 rings (SSSR count). The number of hydrogen-bond donors (Lipinski definition) is 3. The minimum atomic E-state index is -0.731. The van der Waals surface area contributed by atoms with Gasteiger partial charge < -0.3 is 10.5 Å². The number of hydrazine groups is 1. The fraction of sp³-hybridized carbons (Fsp3) is 0.222. The van der Waals surface area contributed by atoms with Gasteiger partial charge in [0.1, 0.15) is 5.84 Å². The number of hydrogen-bond acceptors (Lipinski definition) is 6. The van der Waals surface area contributed by atoms with Gasteiger partial charge in [-0.05, 0) is 46.9 Å². The van der Waals surface area contributed by atoms with Gasteiger partial charge in [0.15, 0.2) is 11.4 Å². The van der Waals surface area contributed by atoms with Crippen LogP contribution in [0.2, 0.25) is 0 Å². The molecule has 0 saturated carbocycles. The number of ether oxygens (including phenoxy) is 1. The van der Waals surface area contributed by atoms with Crippen molar-refractivity contribution in [3.63, 3.8) is 0 Å². The minimum Gasteiger partial charge on any atom is -0.382 e. The third kappa shape index (κ3) is 4.29. The summed E-state index contributed by atoms with van der Waals surface area (Å²) < 4.78 is 5.47. The number of hydrazone groups is 1. The lowest BCUT2D eigenvalue weighted by Crippen LogP contribution is -2.42. The number of nitrogens with two attached hydrogens (primary N) is 2. The maximum absolute atomic E-state index is 13.1. The Labute approximate surface area is 204 Å². The van der Waals surface area contributed by atoms with Crippen LogP contribution in [0.1, 0.15) is 24.5 Å². The third-order valence-corrected chi connectivity index (χ3v) is 6.60. The molecule has 3 aromatic carbocycles. The molecular weight excluding hydrogens is 440 g/mol. The Hall–Kier alpha value is -4.01. The molecular formula is C27H28N6O2. The quantitative estimate of drug-likeness (QED) is 0.222. The van der Waals surface area contributed by atoms with Gasteiger partial charge >= 0.3 is 0 Å². The van der Waals surface area contributed by atoms with Crippen molar-refractivity contribution in [3.05, 3.63) is 83.9 Å². The van der Waals surface area contributed by atoms with Crippen LogP contribution in [-0.4, -0.2) is 41.2 Å². The van der Waals surface area contributed by atoms with Crippen LogP contribution in [0.3, 0.4) is 0 Å². The van der Waals surface area contributed by atoms with Gasteiger partial charge in [-0.25, -0.2) is 11.4 Å². The summed E-state index contributed by atoms with van der Waals surface area (Å²) in [4.78, 5) is 19.5. The number of nitrogens with one attached hydrogen (secondary N) is 1. The zero-order chi connectivity index (χ0) is 24.4. The summed E-state index contributed by atoms with van der Waals surface area (Å²) in [5.41, 5.74) is 13.6. The van der Waals surface area contributed by atoms with Crippen LogP contribution in [0, 0.1) is 0 Å². The van der Waals surface area contributed by atoms with Gasteiger partial charge in [0, 0.05) is 18.6 Å². The second-order valence-corrected chi connectivity index (χ2v) is 8.83. The molecule has 3 aromatic rings. The van der Waals surface area contributed by atoms with Crippen molar-refractivity contribution in [1.82, 2.24) is 10.4 Å². The molecule has 2 aliphatic rings. The molecule has 1 amide bonds. The standard InChI is InChI=1S/C27H28N6O2/c1-18-30-27(13-14-35-17-27)26(34)33(18)16-19-7-9-21(10-8-19)24-15-22(20-5-3-2-4-6-20)11-12-23(24)25(28)31-32-29/h2-12,15,32H,13-14,16-17,29H2,1H3,(H2,28,31). The van der Waals surface area contributed by atoms with Crippen molar-refractivity contribution >= 4 is 17.6 Å². The first-order valence-electron chi connectivity index (χ1n) is 11.5. The van der Waals surface area contributed by atoms with E-state index in [0.717, 1.165) is 39.2 Å². The van der Waals surface area contributed by atoms with Gasteiger partial charge in [0.25, 0.3) is 5.91 Å². The molecule has 178 valence electrons. The van der Waals surface area contributed by atoms with Crippen LogP contribution in [0.25, 0.3) is 22.3 Å². The molecule has 2 aliphatic heterocycles. The summed E-state index contributed by atoms with van der Waals surface area (Å²) >= 11 is 0. The van der Waals surface area contributed by atoms with Crippen molar-refractivity contribution in [1.29, 1.82) is 0 Å². The second kappa shape index (κ2) is 9.32. The Bertz CT molecular complexity index is 1300. The first-order valence-corrected chi connectivity index (χ1v) is 11.5. The van der Waals surface area contributed by atoms with Crippen molar-refractivity contribution < 1.29 is 9.53 Å². The molecule has 35 heavy (non-hydrogen) atoms. The molecule has 0 aliphatic carbocycles. The lowest BCUT2D eigenvalue weighted by atomic mass is 9.93. The molecule has 0 bridgehead atoms. The molecule has 1 spiro atoms. The molecule has 1 atom stereocenters. The molecule has 8 nitrogen and oxygen atoms in total. The summed E-state index contributed by atoms with van der Waals surface area (Å²) in [6.07, 6.45) is 0.639. The highest BCUT2D eigenvalue weighted by Gasteiger charge is 2.49. The number of nitrogens with zero attached hydrogens (tertiary/aromatic N) is 3. The Morgan fingerprint density at radius 3 is 2.51 bits per heavy atom. The number of aliphatic imine (C=N–C) groups is 1. The van der Waals surface area contributed by atoms with Gasteiger partial charge in [0.2, 0.25) is 0 Å². The molecule has 8 heteroatoms. The lowest BCUT2D eigenvalue weighted by molar-refractivity contribution is -0.131. The number of benzene rings is 3. The molecule has 2 heterocycles. The fourth-order valence-electron chi connectivity index (χ4n) is 4.73. The smallest absolute Gasteiger partial charge is 0.258 e. The van der Waals surface area contributed by atoms with Crippen molar-refractivity contribution in [3.8, 4) is 22.3 Å². The third-order valence-electron chi connectivity index (χ3n) is 6.60. The van der Waals surface area contributed by atoms with Gasteiger partial charge in [-0.3, -0.25) is 14.7 Å². The normalized spacial score (nSPS) is 19.9. The summed E-state index contributed by atoms with van der Waals surface area (Å²) in [5.74, 6) is 6.43. The average Bonchev–Trinajstić information content (AvgIpc) is 3.45. The summed E-state index contributed by atoms with van der Waals surface area (Å²) in [6.45, 7) is 3.28. The predicted molar refractivity (Wildman–Crippen MR) is 137 cm³/mol. The first-order chi connectivity index (χ1) is 17.0. The van der Waals surface area contributed by atoms with Gasteiger partial charge in [-0.15, -0.1) is 5.10 Å². The molecule has 1 saturated heterocycles. The van der Waals surface area contributed by atoms with E-state index in [-0.39, 0.29) is 5.91 Å². The maximum Gasteiger partial charge on any atom is 0.258 e. The molecule has 5 N–H and O–H groups in total.